The fraction of sp³-hybridized carbons (Fsp3) is 1.00. The lowest BCUT2D eigenvalue weighted by atomic mass is 10.0. The first-order valence-electron chi connectivity index (χ1n) is 12.6. The molecule has 0 radical (unpaired) electrons. The molecule has 0 fully saturated rings. The van der Waals surface area contributed by atoms with Crippen LogP contribution in [0.2, 0.25) is 0 Å². The normalized spacial score (nSPS) is 11.4. The van der Waals surface area contributed by atoms with Crippen LogP contribution in [-0.2, 0) is 14.2 Å². The Morgan fingerprint density at radius 3 is 1.00 bits per heavy atom. The second-order valence-electron chi connectivity index (χ2n) is 8.14. The van der Waals surface area contributed by atoms with Crippen LogP contribution in [-0.4, -0.2) is 39.6 Å². The lowest BCUT2D eigenvalue weighted by molar-refractivity contribution is 0.0140. The largest absolute Gasteiger partial charge is 0.379 e. The molecule has 0 saturated heterocycles. The Balaban J connectivity index is 2.96. The first-order chi connectivity index (χ1) is 13.9. The maximum Gasteiger partial charge on any atom is 0.0701 e. The summed E-state index contributed by atoms with van der Waals surface area (Å²) in [5.41, 5.74) is 0. The van der Waals surface area contributed by atoms with E-state index in [1.165, 1.54) is 103 Å². The van der Waals surface area contributed by atoms with Gasteiger partial charge in [-0.25, -0.2) is 0 Å². The molecule has 0 aromatic rings. The molecule has 0 bridgehead atoms. The van der Waals surface area contributed by atoms with Gasteiger partial charge in [-0.2, -0.15) is 0 Å². The SMILES string of the molecule is CCCCCCCCCCCCCCCCCCOCCOCCOCCC. The van der Waals surface area contributed by atoms with E-state index in [0.717, 1.165) is 19.6 Å². The zero-order valence-corrected chi connectivity index (χ0v) is 19.5. The van der Waals surface area contributed by atoms with Gasteiger partial charge in [-0.05, 0) is 12.8 Å². The third-order valence-corrected chi connectivity index (χ3v) is 5.23. The minimum Gasteiger partial charge on any atom is -0.379 e. The van der Waals surface area contributed by atoms with E-state index in [-0.39, 0.29) is 0 Å². The van der Waals surface area contributed by atoms with Crippen molar-refractivity contribution in [3.05, 3.63) is 0 Å². The van der Waals surface area contributed by atoms with Crippen LogP contribution in [0, 0.1) is 0 Å². The molecule has 0 saturated carbocycles. The maximum atomic E-state index is 5.61. The first kappa shape index (κ1) is 27.9. The summed E-state index contributed by atoms with van der Waals surface area (Å²) in [6, 6.07) is 0. The van der Waals surface area contributed by atoms with Crippen molar-refractivity contribution >= 4 is 0 Å². The summed E-state index contributed by atoms with van der Waals surface area (Å²) < 4.78 is 16.4. The van der Waals surface area contributed by atoms with Crippen molar-refractivity contribution in [2.45, 2.75) is 123 Å². The van der Waals surface area contributed by atoms with Gasteiger partial charge in [0.05, 0.1) is 26.4 Å². The highest BCUT2D eigenvalue weighted by molar-refractivity contribution is 4.50. The monoisotopic (exact) mass is 400 g/mol. The first-order valence-corrected chi connectivity index (χ1v) is 12.6. The number of unbranched alkanes of at least 4 members (excludes halogenated alkanes) is 15. The Bertz CT molecular complexity index is 232. The molecule has 28 heavy (non-hydrogen) atoms. The minimum atomic E-state index is 0.683. The predicted octanol–water partition coefficient (Wildman–Crippen LogP) is 7.71. The molecule has 0 heterocycles. The third kappa shape index (κ3) is 25.9. The molecule has 0 aliphatic heterocycles. The smallest absolute Gasteiger partial charge is 0.0701 e. The summed E-state index contributed by atoms with van der Waals surface area (Å²) in [6.45, 7) is 8.91. The van der Waals surface area contributed by atoms with Gasteiger partial charge in [0.2, 0.25) is 0 Å². The van der Waals surface area contributed by atoms with E-state index in [1.54, 1.807) is 0 Å². The number of ether oxygens (including phenoxy) is 3. The number of rotatable bonds is 25. The van der Waals surface area contributed by atoms with E-state index in [4.69, 9.17) is 14.2 Å². The molecule has 0 unspecified atom stereocenters. The molecule has 0 rings (SSSR count). The van der Waals surface area contributed by atoms with Gasteiger partial charge in [0.1, 0.15) is 0 Å². The summed E-state index contributed by atoms with van der Waals surface area (Å²) in [5.74, 6) is 0. The highest BCUT2D eigenvalue weighted by Crippen LogP contribution is 2.13. The quantitative estimate of drug-likeness (QED) is 0.147. The van der Waals surface area contributed by atoms with Crippen LogP contribution in [0.5, 0.6) is 0 Å². The highest BCUT2D eigenvalue weighted by atomic mass is 16.5. The second kappa shape index (κ2) is 26.9. The molecule has 0 aromatic carbocycles. The number of hydrogen-bond acceptors (Lipinski definition) is 3. The van der Waals surface area contributed by atoms with Crippen molar-refractivity contribution in [1.29, 1.82) is 0 Å². The highest BCUT2D eigenvalue weighted by Gasteiger charge is 1.95. The van der Waals surface area contributed by atoms with Crippen LogP contribution >= 0.6 is 0 Å². The lowest BCUT2D eigenvalue weighted by Crippen LogP contribution is -2.10. The predicted molar refractivity (Wildman–Crippen MR) is 122 cm³/mol. The molecular weight excluding hydrogens is 348 g/mol. The van der Waals surface area contributed by atoms with Crippen LogP contribution in [0.4, 0.5) is 0 Å². The zero-order chi connectivity index (χ0) is 20.4. The van der Waals surface area contributed by atoms with Gasteiger partial charge < -0.3 is 14.2 Å². The van der Waals surface area contributed by atoms with Gasteiger partial charge in [0.25, 0.3) is 0 Å². The van der Waals surface area contributed by atoms with Crippen molar-refractivity contribution in [1.82, 2.24) is 0 Å². The zero-order valence-electron chi connectivity index (χ0n) is 19.5. The summed E-state index contributed by atoms with van der Waals surface area (Å²) >= 11 is 0. The van der Waals surface area contributed by atoms with E-state index >= 15 is 0 Å². The molecule has 0 aliphatic rings. The fourth-order valence-electron chi connectivity index (χ4n) is 3.44. The fourth-order valence-corrected chi connectivity index (χ4v) is 3.44. The third-order valence-electron chi connectivity index (χ3n) is 5.23. The lowest BCUT2D eigenvalue weighted by Gasteiger charge is -2.06. The molecule has 0 atom stereocenters. The molecule has 0 spiro atoms. The Kier molecular flexibility index (Phi) is 26.8. The average Bonchev–Trinajstić information content (AvgIpc) is 2.71. The van der Waals surface area contributed by atoms with E-state index in [1.807, 2.05) is 0 Å². The van der Waals surface area contributed by atoms with Crippen LogP contribution < -0.4 is 0 Å². The van der Waals surface area contributed by atoms with Gasteiger partial charge in [0, 0.05) is 13.2 Å². The molecule has 3 nitrogen and oxygen atoms in total. The number of hydrogen-bond donors (Lipinski definition) is 0. The van der Waals surface area contributed by atoms with E-state index in [9.17, 15) is 0 Å². The van der Waals surface area contributed by atoms with Crippen LogP contribution in [0.1, 0.15) is 123 Å². The molecule has 0 amide bonds. The maximum absolute atomic E-state index is 5.61. The van der Waals surface area contributed by atoms with Crippen molar-refractivity contribution in [2.24, 2.45) is 0 Å². The minimum absolute atomic E-state index is 0.683. The van der Waals surface area contributed by atoms with Crippen molar-refractivity contribution < 1.29 is 14.2 Å². The summed E-state index contributed by atoms with van der Waals surface area (Å²) in [6.07, 6.45) is 23.6. The molecule has 170 valence electrons. The van der Waals surface area contributed by atoms with Crippen LogP contribution in [0.15, 0.2) is 0 Å². The van der Waals surface area contributed by atoms with E-state index in [0.29, 0.717) is 26.4 Å². The standard InChI is InChI=1S/C25H52O3/c1-3-5-6-7-8-9-10-11-12-13-14-15-16-17-18-19-21-27-23-25-28-24-22-26-20-4-2/h3-25H2,1-2H3. The molecule has 3 heteroatoms. The molecular formula is C25H52O3. The van der Waals surface area contributed by atoms with E-state index in [2.05, 4.69) is 13.8 Å². The Labute approximate surface area is 177 Å². The van der Waals surface area contributed by atoms with Gasteiger partial charge in [-0.15, -0.1) is 0 Å². The Hall–Kier alpha value is -0.120. The summed E-state index contributed by atoms with van der Waals surface area (Å²) in [5, 5.41) is 0. The van der Waals surface area contributed by atoms with Gasteiger partial charge in [0.15, 0.2) is 0 Å². The Morgan fingerprint density at radius 1 is 0.286 bits per heavy atom. The topological polar surface area (TPSA) is 27.7 Å². The van der Waals surface area contributed by atoms with E-state index < -0.39 is 0 Å². The van der Waals surface area contributed by atoms with Crippen molar-refractivity contribution in [3.63, 3.8) is 0 Å². The summed E-state index contributed by atoms with van der Waals surface area (Å²) in [4.78, 5) is 0. The average molecular weight is 401 g/mol. The van der Waals surface area contributed by atoms with Crippen LogP contribution in [0.3, 0.4) is 0 Å². The second-order valence-corrected chi connectivity index (χ2v) is 8.14. The summed E-state index contributed by atoms with van der Waals surface area (Å²) in [7, 11) is 0. The van der Waals surface area contributed by atoms with Gasteiger partial charge >= 0.3 is 0 Å². The molecule has 0 N–H and O–H groups in total. The van der Waals surface area contributed by atoms with Gasteiger partial charge in [-0.1, -0.05) is 110 Å². The van der Waals surface area contributed by atoms with Crippen molar-refractivity contribution in [3.8, 4) is 0 Å². The molecule has 0 aromatic heterocycles. The molecule has 0 aliphatic carbocycles. The Morgan fingerprint density at radius 2 is 0.607 bits per heavy atom. The van der Waals surface area contributed by atoms with Crippen LogP contribution in [0.25, 0.3) is 0 Å². The van der Waals surface area contributed by atoms with Crippen molar-refractivity contribution in [2.75, 3.05) is 39.6 Å². The van der Waals surface area contributed by atoms with Gasteiger partial charge in [-0.3, -0.25) is 0 Å².